The molecular weight excluding hydrogens is 340 g/mol. The Morgan fingerprint density at radius 1 is 1.07 bits per heavy atom. The number of amides is 2. The van der Waals surface area contributed by atoms with Crippen molar-refractivity contribution in [3.05, 3.63) is 65.7 Å². The van der Waals surface area contributed by atoms with Crippen LogP contribution in [0.15, 0.2) is 54.6 Å². The monoisotopic (exact) mass is 364 g/mol. The van der Waals surface area contributed by atoms with Gasteiger partial charge in [-0.15, -0.1) is 0 Å². The minimum absolute atomic E-state index is 0.0298. The predicted molar refractivity (Wildman–Crippen MR) is 106 cm³/mol. The molecule has 0 aliphatic carbocycles. The van der Waals surface area contributed by atoms with E-state index >= 15 is 0 Å². The number of rotatable bonds is 4. The van der Waals surface area contributed by atoms with Gasteiger partial charge in [-0.1, -0.05) is 36.4 Å². The van der Waals surface area contributed by atoms with Crippen molar-refractivity contribution in [1.29, 1.82) is 0 Å². The molecule has 0 spiro atoms. The van der Waals surface area contributed by atoms with Gasteiger partial charge in [0.05, 0.1) is 5.69 Å². The van der Waals surface area contributed by atoms with Crippen molar-refractivity contribution in [2.24, 2.45) is 5.92 Å². The van der Waals surface area contributed by atoms with Crippen molar-refractivity contribution in [2.45, 2.75) is 19.8 Å². The van der Waals surface area contributed by atoms with Gasteiger partial charge in [-0.25, -0.2) is 0 Å². The first kappa shape index (κ1) is 18.7. The first-order chi connectivity index (χ1) is 13.0. The Morgan fingerprint density at radius 2 is 1.74 bits per heavy atom. The summed E-state index contributed by atoms with van der Waals surface area (Å²) < 4.78 is 0. The highest BCUT2D eigenvalue weighted by molar-refractivity contribution is 5.95. The molecule has 1 saturated heterocycles. The zero-order valence-electron chi connectivity index (χ0n) is 15.4. The largest absolute Gasteiger partial charge is 0.506 e. The molecule has 0 unspecified atom stereocenters. The van der Waals surface area contributed by atoms with Crippen LogP contribution < -0.4 is 5.32 Å². The molecular formula is C22H24N2O3. The van der Waals surface area contributed by atoms with Gasteiger partial charge in [0, 0.05) is 25.1 Å². The van der Waals surface area contributed by atoms with E-state index in [9.17, 15) is 14.7 Å². The molecule has 0 aromatic heterocycles. The number of anilines is 1. The molecule has 1 heterocycles. The molecule has 1 aliphatic heterocycles. The highest BCUT2D eigenvalue weighted by Gasteiger charge is 2.26. The zero-order valence-corrected chi connectivity index (χ0v) is 15.4. The van der Waals surface area contributed by atoms with Crippen LogP contribution in [0.2, 0.25) is 0 Å². The highest BCUT2D eigenvalue weighted by Crippen LogP contribution is 2.25. The van der Waals surface area contributed by atoms with Gasteiger partial charge in [-0.2, -0.15) is 0 Å². The van der Waals surface area contributed by atoms with Gasteiger partial charge in [0.25, 0.3) is 0 Å². The second kappa shape index (κ2) is 8.54. The van der Waals surface area contributed by atoms with Crippen LogP contribution in [0.5, 0.6) is 5.75 Å². The third-order valence-electron chi connectivity index (χ3n) is 4.93. The minimum Gasteiger partial charge on any atom is -0.506 e. The Balaban J connectivity index is 1.52. The molecule has 2 amide bonds. The normalized spacial score (nSPS) is 15.1. The third-order valence-corrected chi connectivity index (χ3v) is 4.93. The van der Waals surface area contributed by atoms with Crippen LogP contribution in [0.25, 0.3) is 6.08 Å². The fourth-order valence-electron chi connectivity index (χ4n) is 3.22. The molecule has 5 nitrogen and oxygen atoms in total. The van der Waals surface area contributed by atoms with Gasteiger partial charge in [0.15, 0.2) is 0 Å². The second-order valence-electron chi connectivity index (χ2n) is 6.80. The summed E-state index contributed by atoms with van der Waals surface area (Å²) in [6.07, 6.45) is 4.67. The van der Waals surface area contributed by atoms with Crippen molar-refractivity contribution in [3.63, 3.8) is 0 Å². The zero-order chi connectivity index (χ0) is 19.2. The maximum atomic E-state index is 12.4. The number of aryl methyl sites for hydroxylation is 1. The van der Waals surface area contributed by atoms with Crippen molar-refractivity contribution in [3.8, 4) is 5.75 Å². The molecule has 0 bridgehead atoms. The molecule has 2 aromatic carbocycles. The molecule has 0 atom stereocenters. The summed E-state index contributed by atoms with van der Waals surface area (Å²) in [5, 5.41) is 12.5. The number of carbonyl (C=O) groups is 2. The van der Waals surface area contributed by atoms with Crippen molar-refractivity contribution in [2.75, 3.05) is 18.4 Å². The number of piperidine rings is 1. The summed E-state index contributed by atoms with van der Waals surface area (Å²) in [6.45, 7) is 3.12. The number of hydrogen-bond acceptors (Lipinski definition) is 3. The van der Waals surface area contributed by atoms with E-state index in [-0.39, 0.29) is 23.5 Å². The Bertz CT molecular complexity index is 852. The average Bonchev–Trinajstić information content (AvgIpc) is 2.69. The number of hydrogen-bond donors (Lipinski definition) is 2. The summed E-state index contributed by atoms with van der Waals surface area (Å²) in [6, 6.07) is 14.6. The Kier molecular flexibility index (Phi) is 5.91. The summed E-state index contributed by atoms with van der Waals surface area (Å²) in [7, 11) is 0. The lowest BCUT2D eigenvalue weighted by atomic mass is 9.95. The molecule has 0 saturated carbocycles. The summed E-state index contributed by atoms with van der Waals surface area (Å²) in [4.78, 5) is 26.6. The number of para-hydroxylation sites is 2. The van der Waals surface area contributed by atoms with Crippen LogP contribution in [-0.2, 0) is 9.59 Å². The van der Waals surface area contributed by atoms with Crippen LogP contribution in [0.3, 0.4) is 0 Å². The van der Waals surface area contributed by atoms with Gasteiger partial charge in [-0.05, 0) is 49.1 Å². The van der Waals surface area contributed by atoms with E-state index in [0.29, 0.717) is 31.6 Å². The maximum absolute atomic E-state index is 12.4. The number of carbonyl (C=O) groups excluding carboxylic acids is 2. The Labute approximate surface area is 159 Å². The second-order valence-corrected chi connectivity index (χ2v) is 6.80. The maximum Gasteiger partial charge on any atom is 0.246 e. The predicted octanol–water partition coefficient (Wildman–Crippen LogP) is 3.59. The quantitative estimate of drug-likeness (QED) is 0.643. The van der Waals surface area contributed by atoms with Crippen LogP contribution in [0, 0.1) is 12.8 Å². The number of benzene rings is 2. The SMILES string of the molecule is Cc1ccccc1C=CC(=O)N1CCC(C(=O)Nc2ccccc2O)CC1. The smallest absolute Gasteiger partial charge is 0.246 e. The summed E-state index contributed by atoms with van der Waals surface area (Å²) in [5.41, 5.74) is 2.58. The molecule has 2 N–H and O–H groups in total. The van der Waals surface area contributed by atoms with E-state index in [4.69, 9.17) is 0 Å². The number of phenolic OH excluding ortho intramolecular Hbond substituents is 1. The molecule has 2 aromatic rings. The standard InChI is InChI=1S/C22H24N2O3/c1-16-6-2-3-7-17(16)10-11-21(26)24-14-12-18(13-15-24)22(27)23-19-8-4-5-9-20(19)25/h2-11,18,25H,12-15H2,1H3,(H,23,27). The van der Waals surface area contributed by atoms with E-state index in [0.717, 1.165) is 11.1 Å². The van der Waals surface area contributed by atoms with Gasteiger partial charge in [0.1, 0.15) is 5.75 Å². The number of likely N-dealkylation sites (tertiary alicyclic amines) is 1. The van der Waals surface area contributed by atoms with E-state index in [1.807, 2.05) is 37.3 Å². The van der Waals surface area contributed by atoms with E-state index in [1.165, 1.54) is 6.07 Å². The van der Waals surface area contributed by atoms with Crippen molar-refractivity contribution in [1.82, 2.24) is 4.90 Å². The van der Waals surface area contributed by atoms with E-state index in [2.05, 4.69) is 5.32 Å². The third kappa shape index (κ3) is 4.76. The first-order valence-corrected chi connectivity index (χ1v) is 9.16. The number of aromatic hydroxyl groups is 1. The Morgan fingerprint density at radius 3 is 2.44 bits per heavy atom. The molecule has 3 rings (SSSR count). The number of nitrogens with one attached hydrogen (secondary N) is 1. The molecule has 5 heteroatoms. The van der Waals surface area contributed by atoms with Crippen molar-refractivity contribution >= 4 is 23.6 Å². The number of nitrogens with zero attached hydrogens (tertiary/aromatic N) is 1. The first-order valence-electron chi connectivity index (χ1n) is 9.16. The van der Waals surface area contributed by atoms with Crippen LogP contribution >= 0.6 is 0 Å². The summed E-state index contributed by atoms with van der Waals surface area (Å²) in [5.74, 6) is -0.245. The van der Waals surface area contributed by atoms with Gasteiger partial charge >= 0.3 is 0 Å². The lowest BCUT2D eigenvalue weighted by Gasteiger charge is -2.30. The molecule has 1 fully saturated rings. The van der Waals surface area contributed by atoms with E-state index < -0.39 is 0 Å². The van der Waals surface area contributed by atoms with Gasteiger partial charge in [-0.3, -0.25) is 9.59 Å². The lowest BCUT2D eigenvalue weighted by Crippen LogP contribution is -2.40. The Hall–Kier alpha value is -3.08. The fourth-order valence-corrected chi connectivity index (χ4v) is 3.22. The highest BCUT2D eigenvalue weighted by atomic mass is 16.3. The molecule has 27 heavy (non-hydrogen) atoms. The van der Waals surface area contributed by atoms with Gasteiger partial charge in [0.2, 0.25) is 11.8 Å². The van der Waals surface area contributed by atoms with E-state index in [1.54, 1.807) is 29.2 Å². The van der Waals surface area contributed by atoms with Crippen LogP contribution in [0.1, 0.15) is 24.0 Å². The summed E-state index contributed by atoms with van der Waals surface area (Å²) >= 11 is 0. The van der Waals surface area contributed by atoms with Crippen molar-refractivity contribution < 1.29 is 14.7 Å². The lowest BCUT2D eigenvalue weighted by molar-refractivity contribution is -0.130. The topological polar surface area (TPSA) is 69.6 Å². The van der Waals surface area contributed by atoms with Crippen LogP contribution in [0.4, 0.5) is 5.69 Å². The molecule has 1 aliphatic rings. The minimum atomic E-state index is -0.158. The average molecular weight is 364 g/mol. The van der Waals surface area contributed by atoms with Gasteiger partial charge < -0.3 is 15.3 Å². The molecule has 0 radical (unpaired) electrons. The number of phenols is 1. The molecule has 140 valence electrons. The van der Waals surface area contributed by atoms with Crippen LogP contribution in [-0.4, -0.2) is 34.9 Å². The fraction of sp³-hybridized carbons (Fsp3) is 0.273.